The van der Waals surface area contributed by atoms with Crippen molar-refractivity contribution in [2.24, 2.45) is 0 Å². The Morgan fingerprint density at radius 2 is 1.91 bits per heavy atom. The van der Waals surface area contributed by atoms with Crippen LogP contribution in [-0.2, 0) is 11.3 Å². The van der Waals surface area contributed by atoms with Gasteiger partial charge in [-0.05, 0) is 50.1 Å². The Hall–Kier alpha value is -2.99. The smallest absolute Gasteiger partial charge is 0.276 e. The van der Waals surface area contributed by atoms with Gasteiger partial charge in [0.2, 0.25) is 5.91 Å². The molecule has 1 saturated carbocycles. The van der Waals surface area contributed by atoms with E-state index in [0.29, 0.717) is 28.7 Å². The fraction of sp³-hybridized carbons (Fsp3) is 0.360. The molecule has 32 heavy (non-hydrogen) atoms. The van der Waals surface area contributed by atoms with Crippen LogP contribution in [0.2, 0.25) is 5.02 Å². The number of halogens is 1. The minimum Gasteiger partial charge on any atom is -0.495 e. The van der Waals surface area contributed by atoms with E-state index in [4.69, 9.17) is 16.3 Å². The van der Waals surface area contributed by atoms with E-state index in [1.54, 1.807) is 30.2 Å². The first-order valence-electron chi connectivity index (χ1n) is 11.0. The molecule has 1 fully saturated rings. The molecular formula is C25H26ClN3O3. The molecule has 1 atom stereocenters. The van der Waals surface area contributed by atoms with E-state index in [9.17, 15) is 9.59 Å². The summed E-state index contributed by atoms with van der Waals surface area (Å²) in [6.45, 7) is 2.16. The number of amides is 2. The summed E-state index contributed by atoms with van der Waals surface area (Å²) < 4.78 is 7.52. The summed E-state index contributed by atoms with van der Waals surface area (Å²) in [5, 5.41) is 4.65. The molecule has 1 aromatic heterocycles. The third-order valence-electron chi connectivity index (χ3n) is 6.75. The van der Waals surface area contributed by atoms with Crippen LogP contribution in [-0.4, -0.2) is 35.1 Å². The standard InChI is InChI=1S/C25H26ClN3O3/c1-25(24(31)27-18-8-4-5-9-18)15-28-19-10-6-3-7-16(19)13-21(28)23(30)29(25)20-14-17(26)11-12-22(20)32-2/h3,6-7,10-14,18H,4-5,8-9,15H2,1-2H3,(H,27,31)/t25-/m0/s1. The van der Waals surface area contributed by atoms with Gasteiger partial charge in [-0.1, -0.05) is 42.6 Å². The Balaban J connectivity index is 1.68. The van der Waals surface area contributed by atoms with Gasteiger partial charge in [-0.15, -0.1) is 0 Å². The molecule has 2 aliphatic rings. The van der Waals surface area contributed by atoms with Crippen LogP contribution in [0.5, 0.6) is 5.75 Å². The highest BCUT2D eigenvalue weighted by atomic mass is 35.5. The number of anilines is 1. The van der Waals surface area contributed by atoms with Crippen molar-refractivity contribution in [3.63, 3.8) is 0 Å². The van der Waals surface area contributed by atoms with Crippen LogP contribution < -0.4 is 15.0 Å². The summed E-state index contributed by atoms with van der Waals surface area (Å²) in [6.07, 6.45) is 4.15. The van der Waals surface area contributed by atoms with Crippen LogP contribution in [0.1, 0.15) is 43.1 Å². The van der Waals surface area contributed by atoms with Crippen molar-refractivity contribution in [2.75, 3.05) is 12.0 Å². The van der Waals surface area contributed by atoms with Gasteiger partial charge in [0.15, 0.2) is 0 Å². The molecule has 0 unspecified atom stereocenters. The van der Waals surface area contributed by atoms with E-state index in [2.05, 4.69) is 5.32 Å². The number of nitrogens with zero attached hydrogens (tertiary/aromatic N) is 2. The first kappa shape index (κ1) is 20.9. The van der Waals surface area contributed by atoms with Crippen molar-refractivity contribution in [3.8, 4) is 5.75 Å². The molecule has 2 aromatic carbocycles. The number of fused-ring (bicyclic) bond motifs is 3. The SMILES string of the molecule is COc1ccc(Cl)cc1N1C(=O)c2cc3ccccc3n2C[C@@]1(C)C(=O)NC1CCCC1. The lowest BCUT2D eigenvalue weighted by atomic mass is 9.93. The van der Waals surface area contributed by atoms with E-state index < -0.39 is 5.54 Å². The maximum atomic E-state index is 14.0. The van der Waals surface area contributed by atoms with Gasteiger partial charge in [-0.2, -0.15) is 0 Å². The van der Waals surface area contributed by atoms with Crippen LogP contribution in [0.15, 0.2) is 48.5 Å². The molecule has 0 saturated heterocycles. The van der Waals surface area contributed by atoms with Crippen molar-refractivity contribution >= 4 is 40.0 Å². The predicted molar refractivity (Wildman–Crippen MR) is 126 cm³/mol. The van der Waals surface area contributed by atoms with Gasteiger partial charge in [0.05, 0.1) is 19.3 Å². The van der Waals surface area contributed by atoms with E-state index >= 15 is 0 Å². The van der Waals surface area contributed by atoms with Gasteiger partial charge in [-0.3, -0.25) is 14.5 Å². The highest BCUT2D eigenvalue weighted by Gasteiger charge is 2.50. The van der Waals surface area contributed by atoms with Crippen molar-refractivity contribution < 1.29 is 14.3 Å². The molecule has 6 nitrogen and oxygen atoms in total. The third kappa shape index (κ3) is 3.25. The lowest BCUT2D eigenvalue weighted by Gasteiger charge is -2.44. The minimum absolute atomic E-state index is 0.139. The summed E-state index contributed by atoms with van der Waals surface area (Å²) in [5.74, 6) is 0.0764. The van der Waals surface area contributed by atoms with E-state index in [0.717, 1.165) is 36.6 Å². The topological polar surface area (TPSA) is 63.6 Å². The molecule has 1 aliphatic heterocycles. The molecule has 0 bridgehead atoms. The normalized spacial score (nSPS) is 21.1. The van der Waals surface area contributed by atoms with Crippen LogP contribution in [0.3, 0.4) is 0 Å². The molecular weight excluding hydrogens is 426 g/mol. The van der Waals surface area contributed by atoms with Crippen LogP contribution in [0.4, 0.5) is 5.69 Å². The molecule has 2 amide bonds. The van der Waals surface area contributed by atoms with Crippen molar-refractivity contribution in [1.82, 2.24) is 9.88 Å². The van der Waals surface area contributed by atoms with Crippen molar-refractivity contribution in [1.29, 1.82) is 0 Å². The summed E-state index contributed by atoms with van der Waals surface area (Å²) >= 11 is 6.32. The molecule has 2 heterocycles. The van der Waals surface area contributed by atoms with Gasteiger partial charge < -0.3 is 14.6 Å². The number of nitrogens with one attached hydrogen (secondary N) is 1. The lowest BCUT2D eigenvalue weighted by molar-refractivity contribution is -0.127. The minimum atomic E-state index is -1.16. The molecule has 7 heteroatoms. The Kier molecular flexibility index (Phi) is 5.13. The first-order valence-corrected chi connectivity index (χ1v) is 11.4. The second-order valence-corrected chi connectivity index (χ2v) is 9.30. The fourth-order valence-corrected chi connectivity index (χ4v) is 5.24. The van der Waals surface area contributed by atoms with Crippen LogP contribution in [0, 0.1) is 0 Å². The highest BCUT2D eigenvalue weighted by molar-refractivity contribution is 6.31. The van der Waals surface area contributed by atoms with E-state index in [-0.39, 0.29) is 17.9 Å². The van der Waals surface area contributed by atoms with Crippen molar-refractivity contribution in [2.45, 2.75) is 50.7 Å². The number of benzene rings is 2. The Morgan fingerprint density at radius 1 is 1.16 bits per heavy atom. The maximum absolute atomic E-state index is 14.0. The number of para-hydroxylation sites is 1. The number of rotatable bonds is 4. The van der Waals surface area contributed by atoms with Gasteiger partial charge in [-0.25, -0.2) is 0 Å². The Labute approximate surface area is 192 Å². The van der Waals surface area contributed by atoms with Gasteiger partial charge >= 0.3 is 0 Å². The Morgan fingerprint density at radius 3 is 2.66 bits per heavy atom. The second-order valence-electron chi connectivity index (χ2n) is 8.86. The largest absolute Gasteiger partial charge is 0.495 e. The average Bonchev–Trinajstić information content (AvgIpc) is 3.42. The quantitative estimate of drug-likeness (QED) is 0.620. The molecule has 166 valence electrons. The second kappa shape index (κ2) is 7.85. The Bertz CT molecular complexity index is 1210. The number of hydrogen-bond acceptors (Lipinski definition) is 3. The molecule has 0 radical (unpaired) electrons. The average molecular weight is 452 g/mol. The summed E-state index contributed by atoms with van der Waals surface area (Å²) in [6, 6.07) is 15.0. The molecule has 5 rings (SSSR count). The summed E-state index contributed by atoms with van der Waals surface area (Å²) in [4.78, 5) is 29.3. The van der Waals surface area contributed by atoms with E-state index in [1.165, 1.54) is 0 Å². The number of carbonyl (C=O) groups is 2. The summed E-state index contributed by atoms with van der Waals surface area (Å²) in [7, 11) is 1.55. The molecule has 1 aliphatic carbocycles. The zero-order chi connectivity index (χ0) is 22.5. The van der Waals surface area contributed by atoms with Gasteiger partial charge in [0, 0.05) is 22.0 Å². The first-order chi connectivity index (χ1) is 15.4. The number of hydrogen-bond donors (Lipinski definition) is 1. The van der Waals surface area contributed by atoms with Gasteiger partial charge in [0.25, 0.3) is 5.91 Å². The van der Waals surface area contributed by atoms with Crippen LogP contribution in [0.25, 0.3) is 10.9 Å². The molecule has 0 spiro atoms. The molecule has 1 N–H and O–H groups in total. The van der Waals surface area contributed by atoms with Crippen molar-refractivity contribution in [3.05, 3.63) is 59.2 Å². The van der Waals surface area contributed by atoms with Crippen LogP contribution >= 0.6 is 11.6 Å². The number of methoxy groups -OCH3 is 1. The molecule has 3 aromatic rings. The summed E-state index contributed by atoms with van der Waals surface area (Å²) in [5.41, 5.74) is 0.810. The maximum Gasteiger partial charge on any atom is 0.276 e. The zero-order valence-electron chi connectivity index (χ0n) is 18.2. The number of ether oxygens (including phenoxy) is 1. The fourth-order valence-electron chi connectivity index (χ4n) is 5.07. The monoisotopic (exact) mass is 451 g/mol. The lowest BCUT2D eigenvalue weighted by Crippen LogP contribution is -2.65. The van der Waals surface area contributed by atoms with E-state index in [1.807, 2.05) is 41.8 Å². The zero-order valence-corrected chi connectivity index (χ0v) is 19.0. The van der Waals surface area contributed by atoms with Gasteiger partial charge in [0.1, 0.15) is 17.0 Å². The number of carbonyl (C=O) groups excluding carboxylic acids is 2. The third-order valence-corrected chi connectivity index (χ3v) is 6.99. The number of aromatic nitrogens is 1. The predicted octanol–water partition coefficient (Wildman–Crippen LogP) is 4.78. The highest BCUT2D eigenvalue weighted by Crippen LogP contribution is 2.41.